The summed E-state index contributed by atoms with van der Waals surface area (Å²) in [5, 5.41) is 3.33. The van der Waals surface area contributed by atoms with E-state index in [1.807, 2.05) is 18.0 Å². The molecule has 1 aromatic rings. The monoisotopic (exact) mass is 267 g/mol. The van der Waals surface area contributed by atoms with Crippen LogP contribution in [0.4, 0.5) is 11.5 Å². The van der Waals surface area contributed by atoms with Crippen molar-refractivity contribution in [2.45, 2.75) is 32.7 Å². The summed E-state index contributed by atoms with van der Waals surface area (Å²) in [7, 11) is 2.16. The maximum absolute atomic E-state index is 4.34. The first-order chi connectivity index (χ1) is 8.69. The third-order valence-electron chi connectivity index (χ3n) is 3.11. The number of aromatic nitrogens is 1. The fourth-order valence-electron chi connectivity index (χ4n) is 1.73. The largest absolute Gasteiger partial charge is 0.372 e. The van der Waals surface area contributed by atoms with Crippen LogP contribution in [0.2, 0.25) is 0 Å². The Morgan fingerprint density at radius 3 is 2.94 bits per heavy atom. The van der Waals surface area contributed by atoms with Crippen molar-refractivity contribution >= 4 is 23.3 Å². The van der Waals surface area contributed by atoms with Gasteiger partial charge in [0.2, 0.25) is 0 Å². The zero-order chi connectivity index (χ0) is 13.4. The van der Waals surface area contributed by atoms with E-state index in [9.17, 15) is 0 Å². The highest BCUT2D eigenvalue weighted by molar-refractivity contribution is 7.98. The Kier molecular flexibility index (Phi) is 6.94. The quantitative estimate of drug-likeness (QED) is 0.780. The van der Waals surface area contributed by atoms with Crippen LogP contribution in [0.3, 0.4) is 0 Å². The summed E-state index contributed by atoms with van der Waals surface area (Å²) in [4.78, 5) is 6.67. The molecular weight excluding hydrogens is 242 g/mol. The second-order valence-electron chi connectivity index (χ2n) is 4.57. The predicted octanol–water partition coefficient (Wildman–Crippen LogP) is 3.48. The van der Waals surface area contributed by atoms with Gasteiger partial charge in [0, 0.05) is 37.6 Å². The molecule has 1 aromatic heterocycles. The fraction of sp³-hybridized carbons (Fsp3) is 0.643. The summed E-state index contributed by atoms with van der Waals surface area (Å²) < 4.78 is 0. The van der Waals surface area contributed by atoms with Gasteiger partial charge in [-0.15, -0.1) is 0 Å². The lowest BCUT2D eigenvalue weighted by Crippen LogP contribution is -2.29. The molecule has 0 radical (unpaired) electrons. The van der Waals surface area contributed by atoms with Gasteiger partial charge in [0.1, 0.15) is 5.82 Å². The van der Waals surface area contributed by atoms with Crippen LogP contribution < -0.4 is 10.2 Å². The number of nitrogens with zero attached hydrogens (tertiary/aromatic N) is 2. The van der Waals surface area contributed by atoms with Gasteiger partial charge in [0.15, 0.2) is 0 Å². The van der Waals surface area contributed by atoms with E-state index >= 15 is 0 Å². The summed E-state index contributed by atoms with van der Waals surface area (Å²) in [6, 6.07) is 4.76. The SMILES string of the molecule is CCCNc1cc(N(C)C(C)CCSC)ccn1. The predicted molar refractivity (Wildman–Crippen MR) is 83.9 cm³/mol. The number of hydrogen-bond acceptors (Lipinski definition) is 4. The van der Waals surface area contributed by atoms with Crippen LogP contribution >= 0.6 is 11.8 Å². The first-order valence-electron chi connectivity index (χ1n) is 6.60. The minimum absolute atomic E-state index is 0.555. The van der Waals surface area contributed by atoms with Crippen LogP contribution in [0.15, 0.2) is 18.3 Å². The van der Waals surface area contributed by atoms with Crippen LogP contribution in [-0.2, 0) is 0 Å². The van der Waals surface area contributed by atoms with E-state index in [1.165, 1.54) is 17.9 Å². The zero-order valence-corrected chi connectivity index (χ0v) is 12.8. The van der Waals surface area contributed by atoms with Crippen molar-refractivity contribution in [3.63, 3.8) is 0 Å². The minimum Gasteiger partial charge on any atom is -0.372 e. The first-order valence-corrected chi connectivity index (χ1v) is 8.00. The molecule has 18 heavy (non-hydrogen) atoms. The van der Waals surface area contributed by atoms with E-state index in [0.29, 0.717) is 6.04 Å². The molecule has 1 heterocycles. The second-order valence-corrected chi connectivity index (χ2v) is 5.55. The van der Waals surface area contributed by atoms with Gasteiger partial charge in [-0.2, -0.15) is 11.8 Å². The minimum atomic E-state index is 0.555. The molecule has 1 N–H and O–H groups in total. The van der Waals surface area contributed by atoms with Crippen molar-refractivity contribution in [1.82, 2.24) is 4.98 Å². The van der Waals surface area contributed by atoms with Crippen LogP contribution in [-0.4, -0.2) is 36.6 Å². The zero-order valence-electron chi connectivity index (χ0n) is 11.9. The lowest BCUT2D eigenvalue weighted by Gasteiger charge is -2.27. The van der Waals surface area contributed by atoms with Gasteiger partial charge in [-0.25, -0.2) is 4.98 Å². The number of hydrogen-bond donors (Lipinski definition) is 1. The van der Waals surface area contributed by atoms with E-state index in [2.05, 4.69) is 54.5 Å². The topological polar surface area (TPSA) is 28.2 Å². The lowest BCUT2D eigenvalue weighted by molar-refractivity contribution is 0.669. The van der Waals surface area contributed by atoms with E-state index in [1.54, 1.807) is 0 Å². The van der Waals surface area contributed by atoms with Crippen molar-refractivity contribution in [2.75, 3.05) is 35.8 Å². The molecule has 3 nitrogen and oxygen atoms in total. The van der Waals surface area contributed by atoms with Gasteiger partial charge in [0.25, 0.3) is 0 Å². The Balaban J connectivity index is 2.63. The number of anilines is 2. The molecule has 0 amide bonds. The number of rotatable bonds is 8. The van der Waals surface area contributed by atoms with Gasteiger partial charge in [-0.1, -0.05) is 6.92 Å². The Morgan fingerprint density at radius 2 is 2.28 bits per heavy atom. The molecule has 0 saturated heterocycles. The molecule has 0 spiro atoms. The molecule has 0 bridgehead atoms. The molecule has 1 unspecified atom stereocenters. The molecule has 0 aliphatic rings. The Bertz CT molecular complexity index is 344. The number of pyridine rings is 1. The molecular formula is C14H25N3S. The number of nitrogens with one attached hydrogen (secondary N) is 1. The fourth-order valence-corrected chi connectivity index (χ4v) is 2.30. The Labute approximate surface area is 115 Å². The van der Waals surface area contributed by atoms with Crippen molar-refractivity contribution in [1.29, 1.82) is 0 Å². The standard InChI is InChI=1S/C14H25N3S/c1-5-8-15-14-11-13(6-9-16-14)17(3)12(2)7-10-18-4/h6,9,11-12H,5,7-8,10H2,1-4H3,(H,15,16). The molecule has 0 aromatic carbocycles. The molecule has 0 fully saturated rings. The average molecular weight is 267 g/mol. The highest BCUT2D eigenvalue weighted by Crippen LogP contribution is 2.19. The molecule has 1 atom stereocenters. The van der Waals surface area contributed by atoms with Crippen molar-refractivity contribution in [3.8, 4) is 0 Å². The summed E-state index contributed by atoms with van der Waals surface area (Å²) in [6.07, 6.45) is 6.36. The number of thioether (sulfide) groups is 1. The van der Waals surface area contributed by atoms with Gasteiger partial charge < -0.3 is 10.2 Å². The summed E-state index contributed by atoms with van der Waals surface area (Å²) in [5.74, 6) is 2.18. The van der Waals surface area contributed by atoms with Crippen molar-refractivity contribution < 1.29 is 0 Å². The van der Waals surface area contributed by atoms with Gasteiger partial charge in [-0.05, 0) is 37.8 Å². The molecule has 4 heteroatoms. The van der Waals surface area contributed by atoms with Crippen LogP contribution in [0, 0.1) is 0 Å². The van der Waals surface area contributed by atoms with E-state index in [4.69, 9.17) is 0 Å². The first kappa shape index (κ1) is 15.2. The van der Waals surface area contributed by atoms with Crippen molar-refractivity contribution in [3.05, 3.63) is 18.3 Å². The Morgan fingerprint density at radius 1 is 1.50 bits per heavy atom. The van der Waals surface area contributed by atoms with Gasteiger partial charge in [0.05, 0.1) is 0 Å². The second kappa shape index (κ2) is 8.25. The third-order valence-corrected chi connectivity index (χ3v) is 3.75. The molecule has 1 rings (SSSR count). The highest BCUT2D eigenvalue weighted by atomic mass is 32.2. The Hall–Kier alpha value is -0.900. The van der Waals surface area contributed by atoms with Crippen LogP contribution in [0.1, 0.15) is 26.7 Å². The molecule has 0 aliphatic heterocycles. The maximum Gasteiger partial charge on any atom is 0.127 e. The molecule has 0 aliphatic carbocycles. The van der Waals surface area contributed by atoms with Crippen molar-refractivity contribution in [2.24, 2.45) is 0 Å². The summed E-state index contributed by atoms with van der Waals surface area (Å²) in [6.45, 7) is 5.41. The van der Waals surface area contributed by atoms with Gasteiger partial charge in [-0.3, -0.25) is 0 Å². The maximum atomic E-state index is 4.34. The highest BCUT2D eigenvalue weighted by Gasteiger charge is 2.10. The van der Waals surface area contributed by atoms with Gasteiger partial charge >= 0.3 is 0 Å². The van der Waals surface area contributed by atoms with E-state index in [0.717, 1.165) is 18.8 Å². The molecule has 102 valence electrons. The third kappa shape index (κ3) is 4.77. The van der Waals surface area contributed by atoms with Crippen LogP contribution in [0.25, 0.3) is 0 Å². The average Bonchev–Trinajstić information content (AvgIpc) is 2.42. The molecule has 0 saturated carbocycles. The summed E-state index contributed by atoms with van der Waals surface area (Å²) in [5.41, 5.74) is 1.23. The van der Waals surface area contributed by atoms with E-state index < -0.39 is 0 Å². The normalized spacial score (nSPS) is 12.2. The van der Waals surface area contributed by atoms with E-state index in [-0.39, 0.29) is 0 Å². The smallest absolute Gasteiger partial charge is 0.127 e. The summed E-state index contributed by atoms with van der Waals surface area (Å²) >= 11 is 1.91. The lowest BCUT2D eigenvalue weighted by atomic mass is 10.2. The van der Waals surface area contributed by atoms with Crippen LogP contribution in [0.5, 0.6) is 0 Å².